The van der Waals surface area contributed by atoms with Gasteiger partial charge >= 0.3 is 0 Å². The first-order valence-corrected chi connectivity index (χ1v) is 14.2. The van der Waals surface area contributed by atoms with Gasteiger partial charge in [0.1, 0.15) is 0 Å². The largest absolute Gasteiger partial charge is 0.265 e. The van der Waals surface area contributed by atoms with Crippen molar-refractivity contribution >= 4 is 64.9 Å². The van der Waals surface area contributed by atoms with E-state index in [-0.39, 0.29) is 0 Å². The molecule has 0 aliphatic carbocycles. The first-order valence-electron chi connectivity index (χ1n) is 14.2. The minimum atomic E-state index is 0.979. The lowest BCUT2D eigenvalue weighted by molar-refractivity contribution is 1.33. The molecule has 3 nitrogen and oxygen atoms in total. The van der Waals surface area contributed by atoms with Crippen LogP contribution in [0.2, 0.25) is 0 Å². The van der Waals surface area contributed by atoms with Gasteiger partial charge in [0.15, 0.2) is 0 Å². The summed E-state index contributed by atoms with van der Waals surface area (Å²) in [7, 11) is 0. The molecule has 0 atom stereocenters. The van der Waals surface area contributed by atoms with E-state index in [4.69, 9.17) is 9.97 Å². The lowest BCUT2D eigenvalue weighted by atomic mass is 9.85. The Kier molecular flexibility index (Phi) is 4.90. The van der Waals surface area contributed by atoms with Crippen LogP contribution in [0, 0.1) is 0 Å². The molecular formula is C39H23N3. The van der Waals surface area contributed by atoms with Gasteiger partial charge in [0.05, 0.1) is 16.7 Å². The molecule has 0 aliphatic rings. The average molecular weight is 534 g/mol. The van der Waals surface area contributed by atoms with Gasteiger partial charge in [-0.05, 0) is 62.3 Å². The maximum atomic E-state index is 5.43. The van der Waals surface area contributed by atoms with Crippen molar-refractivity contribution in [1.82, 2.24) is 15.0 Å². The SMILES string of the molecule is c1cnc2c(c1)ccc1ccc3c(-c4c5ccccc5c(-c5ccncc5)c5ccccc45)nc4ccccc4c3c12. The number of aromatic nitrogens is 3. The van der Waals surface area contributed by atoms with Gasteiger partial charge < -0.3 is 0 Å². The van der Waals surface area contributed by atoms with E-state index < -0.39 is 0 Å². The standard InChI is InChI=1S/C39H23N3/c1-3-11-29-27(9-1)34(25-19-22-40-23-20-25)28-10-2-4-12-30(28)37(29)39-32-18-17-24-15-16-26-8-7-21-41-38(26)35(24)36(32)31-13-5-6-14-33(31)42-39/h1-23H. The molecule has 3 aromatic heterocycles. The van der Waals surface area contributed by atoms with Crippen molar-refractivity contribution in [3.8, 4) is 22.4 Å². The maximum Gasteiger partial charge on any atom is 0.0800 e. The van der Waals surface area contributed by atoms with Gasteiger partial charge in [-0.3, -0.25) is 9.97 Å². The zero-order chi connectivity index (χ0) is 27.6. The molecule has 3 heteroatoms. The smallest absolute Gasteiger partial charge is 0.0800 e. The number of pyridine rings is 3. The van der Waals surface area contributed by atoms with Gasteiger partial charge in [-0.25, -0.2) is 4.98 Å². The van der Waals surface area contributed by atoms with Crippen LogP contribution in [0.4, 0.5) is 0 Å². The summed E-state index contributed by atoms with van der Waals surface area (Å²) in [6, 6.07) is 43.2. The van der Waals surface area contributed by atoms with Crippen LogP contribution < -0.4 is 0 Å². The summed E-state index contributed by atoms with van der Waals surface area (Å²) in [5.74, 6) is 0. The fourth-order valence-corrected chi connectivity index (χ4v) is 6.80. The van der Waals surface area contributed by atoms with Crippen LogP contribution in [0.25, 0.3) is 87.3 Å². The predicted molar refractivity (Wildman–Crippen MR) is 176 cm³/mol. The number of rotatable bonds is 2. The van der Waals surface area contributed by atoms with Crippen molar-refractivity contribution in [2.75, 3.05) is 0 Å². The van der Waals surface area contributed by atoms with Gasteiger partial charge in [-0.1, -0.05) is 97.1 Å². The second-order valence-corrected chi connectivity index (χ2v) is 10.8. The maximum absolute atomic E-state index is 5.43. The van der Waals surface area contributed by atoms with Crippen LogP contribution in [-0.4, -0.2) is 15.0 Å². The lowest BCUT2D eigenvalue weighted by Gasteiger charge is -2.19. The van der Waals surface area contributed by atoms with Crippen molar-refractivity contribution in [2.24, 2.45) is 0 Å². The molecular weight excluding hydrogens is 510 g/mol. The van der Waals surface area contributed by atoms with Crippen LogP contribution in [0.5, 0.6) is 0 Å². The third kappa shape index (κ3) is 3.25. The number of hydrogen-bond acceptors (Lipinski definition) is 3. The molecule has 0 spiro atoms. The number of nitrogens with zero attached hydrogens (tertiary/aromatic N) is 3. The zero-order valence-corrected chi connectivity index (χ0v) is 22.6. The molecule has 6 aromatic carbocycles. The van der Waals surface area contributed by atoms with E-state index in [0.29, 0.717) is 0 Å². The molecule has 0 amide bonds. The van der Waals surface area contributed by atoms with Crippen LogP contribution in [0.1, 0.15) is 0 Å². The second kappa shape index (κ2) is 8.92. The normalized spacial score (nSPS) is 11.8. The second-order valence-electron chi connectivity index (χ2n) is 10.8. The Labute approximate surface area is 241 Å². The molecule has 0 unspecified atom stereocenters. The fraction of sp³-hybridized carbons (Fsp3) is 0. The number of para-hydroxylation sites is 1. The number of fused-ring (bicyclic) bond motifs is 9. The molecule has 194 valence electrons. The summed E-state index contributed by atoms with van der Waals surface area (Å²) in [6.07, 6.45) is 5.63. The Morgan fingerprint density at radius 3 is 1.76 bits per heavy atom. The van der Waals surface area contributed by atoms with E-state index in [1.165, 1.54) is 43.3 Å². The zero-order valence-electron chi connectivity index (χ0n) is 22.6. The molecule has 0 saturated carbocycles. The van der Waals surface area contributed by atoms with Crippen molar-refractivity contribution in [3.63, 3.8) is 0 Å². The Morgan fingerprint density at radius 1 is 0.405 bits per heavy atom. The van der Waals surface area contributed by atoms with Gasteiger partial charge in [0, 0.05) is 51.1 Å². The van der Waals surface area contributed by atoms with Gasteiger partial charge in [0.25, 0.3) is 0 Å². The average Bonchev–Trinajstić information content (AvgIpc) is 3.06. The topological polar surface area (TPSA) is 38.7 Å². The summed E-state index contributed by atoms with van der Waals surface area (Å²) in [5.41, 5.74) is 6.52. The summed E-state index contributed by atoms with van der Waals surface area (Å²) < 4.78 is 0. The van der Waals surface area contributed by atoms with Crippen molar-refractivity contribution in [3.05, 3.63) is 140 Å². The van der Waals surface area contributed by atoms with E-state index in [2.05, 4.69) is 120 Å². The highest BCUT2D eigenvalue weighted by Crippen LogP contribution is 2.46. The Bertz CT molecular complexity index is 2460. The van der Waals surface area contributed by atoms with Crippen LogP contribution >= 0.6 is 0 Å². The van der Waals surface area contributed by atoms with Crippen LogP contribution in [0.3, 0.4) is 0 Å². The number of hydrogen-bond donors (Lipinski definition) is 0. The molecule has 0 aliphatic heterocycles. The van der Waals surface area contributed by atoms with E-state index in [1.54, 1.807) is 0 Å². The minimum Gasteiger partial charge on any atom is -0.265 e. The van der Waals surface area contributed by atoms with E-state index >= 15 is 0 Å². The summed E-state index contributed by atoms with van der Waals surface area (Å²) in [5, 5.41) is 11.7. The summed E-state index contributed by atoms with van der Waals surface area (Å²) in [4.78, 5) is 14.6. The lowest BCUT2D eigenvalue weighted by Crippen LogP contribution is -1.95. The van der Waals surface area contributed by atoms with Gasteiger partial charge in [-0.15, -0.1) is 0 Å². The third-order valence-electron chi connectivity index (χ3n) is 8.55. The van der Waals surface area contributed by atoms with Crippen LogP contribution in [0.15, 0.2) is 140 Å². The van der Waals surface area contributed by atoms with Gasteiger partial charge in [0.2, 0.25) is 0 Å². The van der Waals surface area contributed by atoms with E-state index in [0.717, 1.165) is 44.0 Å². The van der Waals surface area contributed by atoms with Crippen LogP contribution in [-0.2, 0) is 0 Å². The Morgan fingerprint density at radius 2 is 1.02 bits per heavy atom. The highest BCUT2D eigenvalue weighted by Gasteiger charge is 2.21. The number of benzene rings is 6. The molecule has 0 bridgehead atoms. The predicted octanol–water partition coefficient (Wildman–Crippen LogP) is 10.1. The molecule has 0 radical (unpaired) electrons. The van der Waals surface area contributed by atoms with Gasteiger partial charge in [-0.2, -0.15) is 0 Å². The summed E-state index contributed by atoms with van der Waals surface area (Å²) >= 11 is 0. The molecule has 9 rings (SSSR count). The highest BCUT2D eigenvalue weighted by atomic mass is 14.7. The Hall–Kier alpha value is -5.67. The molecule has 3 heterocycles. The van der Waals surface area contributed by atoms with E-state index in [9.17, 15) is 0 Å². The minimum absolute atomic E-state index is 0.979. The van der Waals surface area contributed by atoms with E-state index in [1.807, 2.05) is 24.7 Å². The monoisotopic (exact) mass is 533 g/mol. The Balaban J connectivity index is 1.53. The fourth-order valence-electron chi connectivity index (χ4n) is 6.80. The van der Waals surface area contributed by atoms with Crippen molar-refractivity contribution in [1.29, 1.82) is 0 Å². The van der Waals surface area contributed by atoms with Crippen molar-refractivity contribution < 1.29 is 0 Å². The molecule has 0 N–H and O–H groups in total. The molecule has 42 heavy (non-hydrogen) atoms. The first-order chi connectivity index (χ1) is 20.9. The molecule has 0 saturated heterocycles. The molecule has 9 aromatic rings. The van der Waals surface area contributed by atoms with Crippen molar-refractivity contribution in [2.45, 2.75) is 0 Å². The first kappa shape index (κ1) is 23.1. The summed E-state index contributed by atoms with van der Waals surface area (Å²) in [6.45, 7) is 0. The quantitative estimate of drug-likeness (QED) is 0.164. The third-order valence-corrected chi connectivity index (χ3v) is 8.55. The highest BCUT2D eigenvalue weighted by molar-refractivity contribution is 6.30. The molecule has 0 fully saturated rings.